The normalized spacial score (nSPS) is 24.7. The van der Waals surface area contributed by atoms with E-state index >= 15 is 0 Å². The molecule has 2 atom stereocenters. The van der Waals surface area contributed by atoms with E-state index in [-0.39, 0.29) is 4.08 Å². The summed E-state index contributed by atoms with van der Waals surface area (Å²) in [6, 6.07) is 5.93. The van der Waals surface area contributed by atoms with Crippen molar-refractivity contribution in [3.63, 3.8) is 0 Å². The summed E-state index contributed by atoms with van der Waals surface area (Å²) >= 11 is 16.8. The molecular weight excluding hydrogens is 367 g/mol. The third-order valence-corrected chi connectivity index (χ3v) is 8.41. The minimum absolute atomic E-state index is 0.00906. The van der Waals surface area contributed by atoms with Crippen molar-refractivity contribution in [2.75, 3.05) is 5.75 Å². The number of imidazole rings is 1. The Balaban J connectivity index is 1.91. The summed E-state index contributed by atoms with van der Waals surface area (Å²) in [4.78, 5) is 4.15. The van der Waals surface area contributed by atoms with Crippen LogP contribution in [0.3, 0.4) is 0 Å². The SMILES string of the molecule is CCC1CCSC(CCn2ccnc2)(c2ccc(Cl)cc2Cl)S1. The molecule has 0 saturated carbocycles. The highest BCUT2D eigenvalue weighted by Crippen LogP contribution is 2.57. The van der Waals surface area contributed by atoms with Gasteiger partial charge >= 0.3 is 0 Å². The van der Waals surface area contributed by atoms with Crippen LogP contribution in [0.1, 0.15) is 31.7 Å². The third kappa shape index (κ3) is 4.04. The number of hydrogen-bond acceptors (Lipinski definition) is 3. The molecule has 124 valence electrons. The highest BCUT2D eigenvalue weighted by atomic mass is 35.5. The van der Waals surface area contributed by atoms with Crippen LogP contribution in [0.5, 0.6) is 0 Å². The van der Waals surface area contributed by atoms with Gasteiger partial charge in [0.2, 0.25) is 0 Å². The van der Waals surface area contributed by atoms with Crippen LogP contribution in [0.15, 0.2) is 36.9 Å². The number of benzene rings is 1. The molecule has 2 unspecified atom stereocenters. The third-order valence-electron chi connectivity index (χ3n) is 4.19. The second-order valence-electron chi connectivity index (χ2n) is 5.71. The highest BCUT2D eigenvalue weighted by Gasteiger charge is 2.40. The van der Waals surface area contributed by atoms with Crippen molar-refractivity contribution in [1.82, 2.24) is 9.55 Å². The first-order chi connectivity index (χ1) is 11.1. The molecule has 2 nitrogen and oxygen atoms in total. The van der Waals surface area contributed by atoms with Crippen LogP contribution in [-0.2, 0) is 10.6 Å². The second kappa shape index (κ2) is 7.73. The lowest BCUT2D eigenvalue weighted by Crippen LogP contribution is -2.29. The molecule has 1 fully saturated rings. The van der Waals surface area contributed by atoms with E-state index in [1.54, 1.807) is 0 Å². The van der Waals surface area contributed by atoms with E-state index in [0.29, 0.717) is 10.3 Å². The molecule has 0 spiro atoms. The monoisotopic (exact) mass is 386 g/mol. The maximum Gasteiger partial charge on any atom is 0.0945 e. The van der Waals surface area contributed by atoms with Crippen molar-refractivity contribution in [3.8, 4) is 0 Å². The van der Waals surface area contributed by atoms with Crippen molar-refractivity contribution >= 4 is 46.7 Å². The van der Waals surface area contributed by atoms with Gasteiger partial charge in [0, 0.05) is 34.2 Å². The summed E-state index contributed by atoms with van der Waals surface area (Å²) in [5.74, 6) is 1.17. The molecule has 6 heteroatoms. The minimum atomic E-state index is -0.00906. The molecule has 1 aliphatic rings. The van der Waals surface area contributed by atoms with Gasteiger partial charge in [0.05, 0.1) is 10.4 Å². The fraction of sp³-hybridized carbons (Fsp3) is 0.471. The van der Waals surface area contributed by atoms with E-state index in [1.807, 2.05) is 42.6 Å². The maximum absolute atomic E-state index is 6.57. The van der Waals surface area contributed by atoms with Gasteiger partial charge in [-0.25, -0.2) is 4.98 Å². The lowest BCUT2D eigenvalue weighted by Gasteiger charge is -2.41. The van der Waals surface area contributed by atoms with Crippen molar-refractivity contribution in [2.45, 2.75) is 42.1 Å². The molecule has 0 amide bonds. The molecular formula is C17H20Cl2N2S2. The average Bonchev–Trinajstić information content (AvgIpc) is 3.06. The minimum Gasteiger partial charge on any atom is -0.337 e. The first-order valence-corrected chi connectivity index (χ1v) is 10.5. The molecule has 0 radical (unpaired) electrons. The predicted molar refractivity (Wildman–Crippen MR) is 104 cm³/mol. The Morgan fingerprint density at radius 3 is 2.96 bits per heavy atom. The van der Waals surface area contributed by atoms with Gasteiger partial charge in [-0.3, -0.25) is 0 Å². The van der Waals surface area contributed by atoms with Gasteiger partial charge in [-0.2, -0.15) is 0 Å². The van der Waals surface area contributed by atoms with Crippen LogP contribution < -0.4 is 0 Å². The van der Waals surface area contributed by atoms with E-state index in [0.717, 1.165) is 18.0 Å². The number of rotatable bonds is 5. The number of aromatic nitrogens is 2. The van der Waals surface area contributed by atoms with E-state index in [9.17, 15) is 0 Å². The maximum atomic E-state index is 6.57. The summed E-state index contributed by atoms with van der Waals surface area (Å²) in [5, 5.41) is 2.16. The lowest BCUT2D eigenvalue weighted by atomic mass is 10.1. The van der Waals surface area contributed by atoms with Crippen molar-refractivity contribution in [3.05, 3.63) is 52.5 Å². The molecule has 2 aromatic rings. The van der Waals surface area contributed by atoms with Crippen molar-refractivity contribution in [1.29, 1.82) is 0 Å². The zero-order valence-electron chi connectivity index (χ0n) is 13.0. The Morgan fingerprint density at radius 2 is 2.26 bits per heavy atom. The van der Waals surface area contributed by atoms with Gasteiger partial charge in [-0.15, -0.1) is 23.5 Å². The standard InChI is InChI=1S/C17H20Cl2N2S2/c1-2-14-5-10-22-17(23-14,6-8-21-9-7-20-12-21)15-4-3-13(18)11-16(15)19/h3-4,7,9,11-12,14H,2,5-6,8,10H2,1H3. The largest absolute Gasteiger partial charge is 0.337 e. The number of hydrogen-bond donors (Lipinski definition) is 0. The van der Waals surface area contributed by atoms with Gasteiger partial charge in [0.1, 0.15) is 0 Å². The van der Waals surface area contributed by atoms with E-state index in [2.05, 4.69) is 34.3 Å². The predicted octanol–water partition coefficient (Wildman–Crippen LogP) is 6.08. The first-order valence-electron chi connectivity index (χ1n) is 7.86. The summed E-state index contributed by atoms with van der Waals surface area (Å²) in [6.45, 7) is 3.22. The van der Waals surface area contributed by atoms with Crippen molar-refractivity contribution < 1.29 is 0 Å². The Labute approximate surface area is 156 Å². The Kier molecular flexibility index (Phi) is 5.89. The Hall–Kier alpha value is -0.290. The summed E-state index contributed by atoms with van der Waals surface area (Å²) in [7, 11) is 0. The number of thioether (sulfide) groups is 2. The van der Waals surface area contributed by atoms with Crippen LogP contribution >= 0.6 is 46.7 Å². The van der Waals surface area contributed by atoms with Crippen LogP contribution in [0, 0.1) is 0 Å². The van der Waals surface area contributed by atoms with Crippen LogP contribution in [0.4, 0.5) is 0 Å². The average molecular weight is 387 g/mol. The number of aryl methyl sites for hydroxylation is 1. The lowest BCUT2D eigenvalue weighted by molar-refractivity contribution is 0.603. The van der Waals surface area contributed by atoms with Gasteiger partial charge in [0.15, 0.2) is 0 Å². The molecule has 2 heterocycles. The topological polar surface area (TPSA) is 17.8 Å². The molecule has 23 heavy (non-hydrogen) atoms. The molecule has 1 saturated heterocycles. The Morgan fingerprint density at radius 1 is 1.39 bits per heavy atom. The summed E-state index contributed by atoms with van der Waals surface area (Å²) < 4.78 is 2.13. The summed E-state index contributed by atoms with van der Waals surface area (Å²) in [6.07, 6.45) is 9.22. The van der Waals surface area contributed by atoms with Gasteiger partial charge in [-0.1, -0.05) is 36.2 Å². The molecule has 0 bridgehead atoms. The quantitative estimate of drug-likeness (QED) is 0.619. The highest BCUT2D eigenvalue weighted by molar-refractivity contribution is 8.18. The smallest absolute Gasteiger partial charge is 0.0945 e. The van der Waals surface area contributed by atoms with Crippen molar-refractivity contribution in [2.24, 2.45) is 0 Å². The zero-order chi connectivity index (χ0) is 16.3. The fourth-order valence-corrected chi connectivity index (χ4v) is 7.42. The molecule has 0 N–H and O–H groups in total. The number of nitrogens with zero attached hydrogens (tertiary/aromatic N) is 2. The van der Waals surface area contributed by atoms with Gasteiger partial charge < -0.3 is 4.57 Å². The van der Waals surface area contributed by atoms with E-state index in [1.165, 1.54) is 24.2 Å². The van der Waals surface area contributed by atoms with Crippen LogP contribution in [-0.4, -0.2) is 20.6 Å². The van der Waals surface area contributed by atoms with E-state index in [4.69, 9.17) is 23.2 Å². The molecule has 1 aliphatic heterocycles. The van der Waals surface area contributed by atoms with Gasteiger partial charge in [0.25, 0.3) is 0 Å². The van der Waals surface area contributed by atoms with E-state index < -0.39 is 0 Å². The van der Waals surface area contributed by atoms with Crippen LogP contribution in [0.2, 0.25) is 10.0 Å². The Bertz CT molecular complexity index is 648. The van der Waals surface area contributed by atoms with Crippen LogP contribution in [0.25, 0.3) is 0 Å². The molecule has 1 aromatic heterocycles. The zero-order valence-corrected chi connectivity index (χ0v) is 16.2. The molecule has 1 aromatic carbocycles. The van der Waals surface area contributed by atoms with Gasteiger partial charge in [-0.05, 0) is 42.7 Å². The molecule has 3 rings (SSSR count). The second-order valence-corrected chi connectivity index (χ2v) is 9.81. The number of halogens is 2. The first kappa shape index (κ1) is 17.5. The fourth-order valence-electron chi connectivity index (χ4n) is 2.91. The summed E-state index contributed by atoms with van der Waals surface area (Å²) in [5.41, 5.74) is 1.21. The molecule has 0 aliphatic carbocycles.